The third kappa shape index (κ3) is 3.49. The number of benzene rings is 1. The van der Waals surface area contributed by atoms with Gasteiger partial charge in [0, 0.05) is 50.8 Å². The highest BCUT2D eigenvalue weighted by Crippen LogP contribution is 2.27. The van der Waals surface area contributed by atoms with Gasteiger partial charge in [-0.3, -0.25) is 9.69 Å². The highest BCUT2D eigenvalue weighted by Gasteiger charge is 2.26. The summed E-state index contributed by atoms with van der Waals surface area (Å²) >= 11 is 0. The van der Waals surface area contributed by atoms with Crippen LogP contribution in [0.15, 0.2) is 42.7 Å². The highest BCUT2D eigenvalue weighted by atomic mass is 16.2. The van der Waals surface area contributed by atoms with Gasteiger partial charge in [-0.25, -0.2) is 9.97 Å². The Bertz CT molecular complexity index is 736. The molecule has 1 fully saturated rings. The lowest BCUT2D eigenvalue weighted by atomic mass is 10.2. The van der Waals surface area contributed by atoms with Gasteiger partial charge in [0.2, 0.25) is 11.9 Å². The first-order valence-electron chi connectivity index (χ1n) is 8.94. The van der Waals surface area contributed by atoms with E-state index in [9.17, 15) is 4.79 Å². The second-order valence-corrected chi connectivity index (χ2v) is 6.59. The summed E-state index contributed by atoms with van der Waals surface area (Å²) < 4.78 is 0. The summed E-state index contributed by atoms with van der Waals surface area (Å²) in [5.74, 6) is 0.985. The predicted molar refractivity (Wildman–Crippen MR) is 97.8 cm³/mol. The molecule has 0 atom stereocenters. The minimum Gasteiger partial charge on any atom is -0.339 e. The summed E-state index contributed by atoms with van der Waals surface area (Å²) in [5.41, 5.74) is 2.36. The van der Waals surface area contributed by atoms with Crippen molar-refractivity contribution in [2.75, 3.05) is 49.1 Å². The van der Waals surface area contributed by atoms with E-state index in [1.807, 2.05) is 23.1 Å². The van der Waals surface area contributed by atoms with Crippen LogP contribution in [0.5, 0.6) is 0 Å². The van der Waals surface area contributed by atoms with Crippen molar-refractivity contribution >= 4 is 17.5 Å². The molecule has 4 rings (SSSR count). The van der Waals surface area contributed by atoms with Crippen LogP contribution in [-0.2, 0) is 11.2 Å². The number of carbonyl (C=O) groups is 1. The van der Waals surface area contributed by atoms with Gasteiger partial charge in [-0.2, -0.15) is 0 Å². The van der Waals surface area contributed by atoms with Gasteiger partial charge in [-0.15, -0.1) is 0 Å². The van der Waals surface area contributed by atoms with Crippen molar-refractivity contribution in [2.45, 2.75) is 12.8 Å². The lowest BCUT2D eigenvalue weighted by Gasteiger charge is -2.24. The maximum absolute atomic E-state index is 12.8. The molecule has 0 unspecified atom stereocenters. The summed E-state index contributed by atoms with van der Waals surface area (Å²) in [6, 6.07) is 10.1. The second-order valence-electron chi connectivity index (χ2n) is 6.59. The summed E-state index contributed by atoms with van der Waals surface area (Å²) in [6.45, 7) is 4.87. The number of rotatable bonds is 3. The fourth-order valence-electron chi connectivity index (χ4n) is 3.66. The van der Waals surface area contributed by atoms with Crippen LogP contribution in [-0.4, -0.2) is 60.0 Å². The summed E-state index contributed by atoms with van der Waals surface area (Å²) in [7, 11) is 0. The molecular formula is C19H23N5O. The van der Waals surface area contributed by atoms with Crippen molar-refractivity contribution in [3.05, 3.63) is 48.3 Å². The van der Waals surface area contributed by atoms with Gasteiger partial charge in [-0.05, 0) is 30.5 Å². The highest BCUT2D eigenvalue weighted by molar-refractivity contribution is 5.96. The summed E-state index contributed by atoms with van der Waals surface area (Å²) in [5, 5.41) is 0. The first-order valence-corrected chi connectivity index (χ1v) is 8.94. The smallest absolute Gasteiger partial charge is 0.241 e. The van der Waals surface area contributed by atoms with Crippen LogP contribution in [0.3, 0.4) is 0 Å². The van der Waals surface area contributed by atoms with E-state index in [0.717, 1.165) is 57.2 Å². The fraction of sp³-hybridized carbons (Fsp3) is 0.421. The van der Waals surface area contributed by atoms with Gasteiger partial charge in [0.1, 0.15) is 0 Å². The first kappa shape index (κ1) is 16.0. The molecule has 0 bridgehead atoms. The van der Waals surface area contributed by atoms with Crippen molar-refractivity contribution in [2.24, 2.45) is 0 Å². The summed E-state index contributed by atoms with van der Waals surface area (Å²) in [4.78, 5) is 27.9. The number of hydrogen-bond acceptors (Lipinski definition) is 5. The first-order chi connectivity index (χ1) is 12.3. The van der Waals surface area contributed by atoms with E-state index in [2.05, 4.69) is 31.9 Å². The van der Waals surface area contributed by atoms with E-state index in [0.29, 0.717) is 6.54 Å². The lowest BCUT2D eigenvalue weighted by molar-refractivity contribution is -0.119. The van der Waals surface area contributed by atoms with Crippen molar-refractivity contribution in [3.8, 4) is 0 Å². The zero-order valence-corrected chi connectivity index (χ0v) is 14.3. The fourth-order valence-corrected chi connectivity index (χ4v) is 3.66. The zero-order valence-electron chi connectivity index (χ0n) is 14.3. The molecule has 1 saturated heterocycles. The Balaban J connectivity index is 1.37. The van der Waals surface area contributed by atoms with Crippen molar-refractivity contribution in [1.82, 2.24) is 14.9 Å². The van der Waals surface area contributed by atoms with Gasteiger partial charge < -0.3 is 9.80 Å². The van der Waals surface area contributed by atoms with Crippen LogP contribution >= 0.6 is 0 Å². The van der Waals surface area contributed by atoms with Crippen molar-refractivity contribution < 1.29 is 4.79 Å². The SMILES string of the molecule is O=C(CN1CCCN(c2ncccn2)CC1)N1CCc2ccccc21. The van der Waals surface area contributed by atoms with Gasteiger partial charge in [0.15, 0.2) is 0 Å². The molecule has 1 amide bonds. The van der Waals surface area contributed by atoms with Gasteiger partial charge in [0.25, 0.3) is 0 Å². The normalized spacial score (nSPS) is 18.1. The molecule has 2 aromatic rings. The second kappa shape index (κ2) is 7.19. The monoisotopic (exact) mass is 337 g/mol. The van der Waals surface area contributed by atoms with Crippen molar-refractivity contribution in [1.29, 1.82) is 0 Å². The van der Waals surface area contributed by atoms with E-state index >= 15 is 0 Å². The minimum atomic E-state index is 0.203. The molecule has 0 N–H and O–H groups in total. The third-order valence-corrected chi connectivity index (χ3v) is 4.97. The lowest BCUT2D eigenvalue weighted by Crippen LogP contribution is -2.41. The quantitative estimate of drug-likeness (QED) is 0.851. The molecule has 2 aliphatic rings. The molecule has 0 aliphatic carbocycles. The van der Waals surface area contributed by atoms with Crippen LogP contribution < -0.4 is 9.80 Å². The van der Waals surface area contributed by atoms with Crippen molar-refractivity contribution in [3.63, 3.8) is 0 Å². The molecule has 3 heterocycles. The molecule has 0 spiro atoms. The Morgan fingerprint density at radius 2 is 1.80 bits per heavy atom. The Kier molecular flexibility index (Phi) is 4.61. The van der Waals surface area contributed by atoms with Crippen LogP contribution in [0.2, 0.25) is 0 Å². The molecular weight excluding hydrogens is 314 g/mol. The molecule has 2 aliphatic heterocycles. The van der Waals surface area contributed by atoms with Gasteiger partial charge in [0.05, 0.1) is 6.54 Å². The Morgan fingerprint density at radius 3 is 2.68 bits per heavy atom. The standard InChI is InChI=1S/C19H23N5O/c25-18(24-12-7-16-5-1-2-6-17(16)24)15-22-10-4-11-23(14-13-22)19-20-8-3-9-21-19/h1-3,5-6,8-9H,4,7,10-15H2. The van der Waals surface area contributed by atoms with Crippen LogP contribution in [0, 0.1) is 0 Å². The van der Waals surface area contributed by atoms with E-state index in [4.69, 9.17) is 0 Å². The third-order valence-electron chi connectivity index (χ3n) is 4.97. The topological polar surface area (TPSA) is 52.6 Å². The minimum absolute atomic E-state index is 0.203. The number of anilines is 2. The maximum Gasteiger partial charge on any atom is 0.241 e. The molecule has 1 aromatic carbocycles. The largest absolute Gasteiger partial charge is 0.339 e. The number of hydrogen-bond donors (Lipinski definition) is 0. The number of amides is 1. The maximum atomic E-state index is 12.8. The number of fused-ring (bicyclic) bond motifs is 1. The average Bonchev–Trinajstić information content (AvgIpc) is 2.95. The molecule has 6 nitrogen and oxygen atoms in total. The van der Waals surface area contributed by atoms with E-state index in [-0.39, 0.29) is 5.91 Å². The number of aromatic nitrogens is 2. The van der Waals surface area contributed by atoms with Gasteiger partial charge in [-0.1, -0.05) is 18.2 Å². The average molecular weight is 337 g/mol. The number of nitrogens with zero attached hydrogens (tertiary/aromatic N) is 5. The van der Waals surface area contributed by atoms with Crippen LogP contribution in [0.1, 0.15) is 12.0 Å². The molecule has 25 heavy (non-hydrogen) atoms. The van der Waals surface area contributed by atoms with E-state index in [1.165, 1.54) is 5.56 Å². The van der Waals surface area contributed by atoms with Crippen LogP contribution in [0.4, 0.5) is 11.6 Å². The number of carbonyl (C=O) groups excluding carboxylic acids is 1. The Morgan fingerprint density at radius 1 is 0.960 bits per heavy atom. The molecule has 0 radical (unpaired) electrons. The molecule has 1 aromatic heterocycles. The molecule has 0 saturated carbocycles. The molecule has 6 heteroatoms. The van der Waals surface area contributed by atoms with Gasteiger partial charge >= 0.3 is 0 Å². The number of para-hydroxylation sites is 1. The van der Waals surface area contributed by atoms with E-state index < -0.39 is 0 Å². The van der Waals surface area contributed by atoms with Crippen LogP contribution in [0.25, 0.3) is 0 Å². The molecule has 130 valence electrons. The summed E-state index contributed by atoms with van der Waals surface area (Å²) in [6.07, 6.45) is 5.53. The Hall–Kier alpha value is -2.47. The Labute approximate surface area is 148 Å². The van der Waals surface area contributed by atoms with E-state index in [1.54, 1.807) is 12.4 Å². The zero-order chi connectivity index (χ0) is 17.1. The predicted octanol–water partition coefficient (Wildman–Crippen LogP) is 1.58.